The second-order valence-electron chi connectivity index (χ2n) is 8.98. The fraction of sp³-hybridized carbons (Fsp3) is 0.103. The number of hydrogen-bond acceptors (Lipinski definition) is 6. The minimum Gasteiger partial charge on any atom is -0.467 e. The minimum atomic E-state index is -0.393. The van der Waals surface area contributed by atoms with Crippen LogP contribution in [-0.4, -0.2) is 19.6 Å². The van der Waals surface area contributed by atoms with Crippen molar-refractivity contribution in [3.8, 4) is 0 Å². The van der Waals surface area contributed by atoms with E-state index in [4.69, 9.17) is 16.6 Å². The number of anilines is 1. The molecule has 2 aromatic carbocycles. The third-order valence-electron chi connectivity index (χ3n) is 6.57. The van der Waals surface area contributed by atoms with Gasteiger partial charge in [0.25, 0.3) is 5.69 Å². The molecule has 10 heteroatoms. The van der Waals surface area contributed by atoms with Crippen molar-refractivity contribution in [2.45, 2.75) is 28.4 Å². The summed E-state index contributed by atoms with van der Waals surface area (Å²) >= 11 is 7.43. The molecule has 0 radical (unpaired) electrons. The van der Waals surface area contributed by atoms with Gasteiger partial charge in [-0.25, -0.2) is 0 Å². The maximum atomic E-state index is 11.0. The lowest BCUT2D eigenvalue weighted by molar-refractivity contribution is -0.384. The largest absolute Gasteiger partial charge is 0.467 e. The van der Waals surface area contributed by atoms with Crippen molar-refractivity contribution in [3.63, 3.8) is 0 Å². The van der Waals surface area contributed by atoms with Crippen molar-refractivity contribution in [2.24, 2.45) is 0 Å². The molecule has 194 valence electrons. The van der Waals surface area contributed by atoms with Crippen LogP contribution < -0.4 is 10.2 Å². The number of furan rings is 1. The van der Waals surface area contributed by atoms with Gasteiger partial charge in [-0.15, -0.1) is 0 Å². The number of non-ortho nitro benzene ring substituents is 1. The number of hydrogen-bond donors (Lipinski definition) is 1. The average Bonchev–Trinajstić information content (AvgIpc) is 3.71. The molecular weight excluding hydrogens is 530 g/mol. The number of nitrogens with zero attached hydrogens (tertiary/aromatic N) is 4. The zero-order chi connectivity index (χ0) is 26.8. The van der Waals surface area contributed by atoms with Gasteiger partial charge < -0.3 is 19.2 Å². The molecule has 3 aromatic heterocycles. The molecule has 0 bridgehead atoms. The second-order valence-corrected chi connectivity index (χ2v) is 10.5. The number of pyridine rings is 1. The predicted octanol–water partition coefficient (Wildman–Crippen LogP) is 6.76. The van der Waals surface area contributed by atoms with Gasteiger partial charge in [-0.05, 0) is 85.0 Å². The van der Waals surface area contributed by atoms with Crippen LogP contribution in [0, 0.1) is 10.1 Å². The Hall–Kier alpha value is -4.41. The standard InChI is InChI=1S/C29H23N5O3S2/c35-34(36)21-10-14-24(15-11-21)39-23-12-8-20(9-13-23)33-28(27(31-29(33)38)25-6-1-2-16-30-25)26-7-3-17-32(26)19-22-5-4-18-37-22/h1-18,27-28H,19H2,(H,31,38)/t27-,28+/m1/s1. The van der Waals surface area contributed by atoms with E-state index in [1.54, 1.807) is 36.4 Å². The van der Waals surface area contributed by atoms with Crippen LogP contribution >= 0.6 is 24.0 Å². The summed E-state index contributed by atoms with van der Waals surface area (Å²) < 4.78 is 7.81. The molecule has 1 aliphatic rings. The van der Waals surface area contributed by atoms with E-state index < -0.39 is 4.92 Å². The molecule has 5 aromatic rings. The van der Waals surface area contributed by atoms with Gasteiger partial charge in [-0.3, -0.25) is 15.1 Å². The fourth-order valence-corrected chi connectivity index (χ4v) is 5.95. The minimum absolute atomic E-state index is 0.0787. The Bertz CT molecular complexity index is 1590. The number of nitro benzene ring substituents is 1. The highest BCUT2D eigenvalue weighted by Crippen LogP contribution is 2.42. The van der Waals surface area contributed by atoms with Crippen molar-refractivity contribution < 1.29 is 9.34 Å². The summed E-state index contributed by atoms with van der Waals surface area (Å²) in [6.45, 7) is 0.603. The number of benzene rings is 2. The summed E-state index contributed by atoms with van der Waals surface area (Å²) in [5.41, 5.74) is 3.02. The monoisotopic (exact) mass is 553 g/mol. The number of thiocarbonyl (C=S) groups is 1. The van der Waals surface area contributed by atoms with E-state index in [2.05, 4.69) is 44.2 Å². The van der Waals surface area contributed by atoms with Crippen LogP contribution in [0.1, 0.15) is 29.2 Å². The number of nitrogens with one attached hydrogen (secondary N) is 1. The first-order valence-electron chi connectivity index (χ1n) is 12.3. The topological polar surface area (TPSA) is 89.4 Å². The second kappa shape index (κ2) is 10.8. The van der Waals surface area contributed by atoms with Crippen molar-refractivity contribution >= 4 is 40.5 Å². The lowest BCUT2D eigenvalue weighted by atomic mass is 10.0. The van der Waals surface area contributed by atoms with Crippen LogP contribution in [0.4, 0.5) is 11.4 Å². The molecule has 2 atom stereocenters. The van der Waals surface area contributed by atoms with Crippen LogP contribution in [0.2, 0.25) is 0 Å². The lowest BCUT2D eigenvalue weighted by Crippen LogP contribution is -2.30. The van der Waals surface area contributed by atoms with Gasteiger partial charge in [0, 0.05) is 45.7 Å². The number of aromatic nitrogens is 2. The highest BCUT2D eigenvalue weighted by Gasteiger charge is 2.42. The molecule has 1 aliphatic heterocycles. The summed E-state index contributed by atoms with van der Waals surface area (Å²) in [5.74, 6) is 0.870. The normalized spacial score (nSPS) is 16.8. The Kier molecular flexibility index (Phi) is 6.87. The Morgan fingerprint density at radius 3 is 2.41 bits per heavy atom. The van der Waals surface area contributed by atoms with E-state index in [1.807, 2.05) is 48.5 Å². The first-order chi connectivity index (χ1) is 19.1. The maximum Gasteiger partial charge on any atom is 0.269 e. The Morgan fingerprint density at radius 2 is 1.74 bits per heavy atom. The fourth-order valence-electron chi connectivity index (χ4n) is 4.79. The Morgan fingerprint density at radius 1 is 0.974 bits per heavy atom. The molecule has 39 heavy (non-hydrogen) atoms. The van der Waals surface area contributed by atoms with Gasteiger partial charge in [-0.1, -0.05) is 17.8 Å². The van der Waals surface area contributed by atoms with E-state index in [1.165, 1.54) is 12.1 Å². The van der Waals surface area contributed by atoms with Crippen LogP contribution in [-0.2, 0) is 6.54 Å². The van der Waals surface area contributed by atoms with E-state index in [9.17, 15) is 10.1 Å². The smallest absolute Gasteiger partial charge is 0.269 e. The van der Waals surface area contributed by atoms with Crippen molar-refractivity contribution in [3.05, 3.63) is 137 Å². The summed E-state index contributed by atoms with van der Waals surface area (Å²) in [7, 11) is 0. The van der Waals surface area contributed by atoms with Gasteiger partial charge in [0.1, 0.15) is 11.8 Å². The first kappa shape index (κ1) is 24.9. The van der Waals surface area contributed by atoms with Crippen LogP contribution in [0.3, 0.4) is 0 Å². The highest BCUT2D eigenvalue weighted by atomic mass is 32.2. The third-order valence-corrected chi connectivity index (χ3v) is 7.90. The first-order valence-corrected chi connectivity index (χ1v) is 13.5. The van der Waals surface area contributed by atoms with Gasteiger partial charge in [-0.2, -0.15) is 0 Å². The molecular formula is C29H23N5O3S2. The molecule has 6 rings (SSSR count). The zero-order valence-electron chi connectivity index (χ0n) is 20.6. The molecule has 1 fully saturated rings. The zero-order valence-corrected chi connectivity index (χ0v) is 22.2. The maximum absolute atomic E-state index is 11.0. The average molecular weight is 554 g/mol. The number of nitro groups is 1. The van der Waals surface area contributed by atoms with E-state index in [0.29, 0.717) is 11.7 Å². The third kappa shape index (κ3) is 5.16. The van der Waals surface area contributed by atoms with Crippen LogP contribution in [0.25, 0.3) is 0 Å². The molecule has 1 saturated heterocycles. The van der Waals surface area contributed by atoms with Gasteiger partial charge in [0.05, 0.1) is 29.5 Å². The quantitative estimate of drug-likeness (QED) is 0.128. The summed E-state index contributed by atoms with van der Waals surface area (Å²) in [6, 6.07) is 28.4. The lowest BCUT2D eigenvalue weighted by Gasteiger charge is -2.29. The molecule has 0 spiro atoms. The molecule has 0 aliphatic carbocycles. The van der Waals surface area contributed by atoms with Crippen molar-refractivity contribution in [1.82, 2.24) is 14.9 Å². The van der Waals surface area contributed by atoms with Gasteiger partial charge in [0.15, 0.2) is 5.11 Å². The molecule has 1 N–H and O–H groups in total. The molecule has 0 saturated carbocycles. The van der Waals surface area contributed by atoms with E-state index >= 15 is 0 Å². The van der Waals surface area contributed by atoms with Gasteiger partial charge >= 0.3 is 0 Å². The summed E-state index contributed by atoms with van der Waals surface area (Å²) in [4.78, 5) is 19.3. The predicted molar refractivity (Wildman–Crippen MR) is 154 cm³/mol. The number of rotatable bonds is 8. The molecule has 4 heterocycles. The summed E-state index contributed by atoms with van der Waals surface area (Å²) in [6.07, 6.45) is 5.53. The molecule has 8 nitrogen and oxygen atoms in total. The Balaban J connectivity index is 1.32. The molecule has 0 unspecified atom stereocenters. The molecule has 0 amide bonds. The summed E-state index contributed by atoms with van der Waals surface area (Å²) in [5, 5.41) is 15.1. The van der Waals surface area contributed by atoms with Crippen LogP contribution in [0.15, 0.2) is 124 Å². The van der Waals surface area contributed by atoms with E-state index in [-0.39, 0.29) is 17.8 Å². The van der Waals surface area contributed by atoms with Crippen molar-refractivity contribution in [2.75, 3.05) is 4.90 Å². The van der Waals surface area contributed by atoms with E-state index in [0.717, 1.165) is 32.6 Å². The highest BCUT2D eigenvalue weighted by molar-refractivity contribution is 7.99. The van der Waals surface area contributed by atoms with Crippen molar-refractivity contribution in [1.29, 1.82) is 0 Å². The van der Waals surface area contributed by atoms with Gasteiger partial charge in [0.2, 0.25) is 0 Å². The van der Waals surface area contributed by atoms with Crippen LogP contribution in [0.5, 0.6) is 0 Å². The SMILES string of the molecule is O=[N+]([O-])c1ccc(Sc2ccc(N3C(=S)N[C@H](c4ccccn4)[C@@H]3c3cccn3Cc3ccco3)cc2)cc1. The Labute approximate surface area is 234 Å².